The van der Waals surface area contributed by atoms with Gasteiger partial charge < -0.3 is 51.8 Å². The third kappa shape index (κ3) is 26.2. The van der Waals surface area contributed by atoms with Gasteiger partial charge in [-0.15, -0.1) is 36.4 Å². The van der Waals surface area contributed by atoms with Crippen molar-refractivity contribution in [3.8, 4) is 6.07 Å². The molecule has 18 nitrogen and oxygen atoms in total. The molecule has 4 aromatic carbocycles. The Labute approximate surface area is 495 Å². The second-order valence-corrected chi connectivity index (χ2v) is 16.3. The van der Waals surface area contributed by atoms with Crippen molar-refractivity contribution in [3.63, 3.8) is 0 Å². The van der Waals surface area contributed by atoms with E-state index in [1.165, 1.54) is 67.7 Å². The van der Waals surface area contributed by atoms with E-state index in [1.54, 1.807) is 99.8 Å². The summed E-state index contributed by atoms with van der Waals surface area (Å²) >= 11 is 11.6. The molecule has 0 saturated carbocycles. The maximum absolute atomic E-state index is 12.8. The van der Waals surface area contributed by atoms with Crippen LogP contribution in [0.4, 0.5) is 27.7 Å². The standard InChI is InChI=1S/C23H22ClN5O3.C21H15ClN4O3.C4H8O.C2H7N.C2H6N.CH4.ClH.FH.HI.Li/c1-29(2)21(25)15-4-6-16(7-5-15)22(31)27-19-9-3-14(13-30)11-18(19)23(32)28-20-10-8-17(24)12-26-20;22-16-6-8-19(24-11-16)26-21(29)17-9-14(12-27)3-7-18(17)25-20(28)15-4-1-13(10-23)2-5-15;1-2-4-5-3-1;2*1-3-2;;;;;/h3-12,25,30H,13H2,1-2H3,(H,27,31)(H,26,28,32);1-9,11,27H,12H2,(H,25,28)(H,24,26,29);1-4H2;3H,1-2H3;1-2H3;1H4;3*1H;/q;;;;-1;;;;;+1. The third-order valence-electron chi connectivity index (χ3n) is 9.43. The van der Waals surface area contributed by atoms with Crippen LogP contribution in [0.2, 0.25) is 10.0 Å². The molecule has 1 fully saturated rings. The number of aromatic nitrogens is 2. The molecule has 1 saturated heterocycles. The molecule has 410 valence electrons. The van der Waals surface area contributed by atoms with Crippen LogP contribution in [0.15, 0.2) is 122 Å². The normalized spacial score (nSPS) is 10.1. The van der Waals surface area contributed by atoms with Crippen molar-refractivity contribution in [2.75, 3.05) is 76.8 Å². The minimum Gasteiger partial charge on any atom is -0.668 e. The van der Waals surface area contributed by atoms with E-state index < -0.39 is 23.6 Å². The van der Waals surface area contributed by atoms with Crippen molar-refractivity contribution < 1.29 is 57.7 Å². The van der Waals surface area contributed by atoms with Gasteiger partial charge in [-0.2, -0.15) is 19.4 Å². The van der Waals surface area contributed by atoms with E-state index in [2.05, 4.69) is 41.9 Å². The molecule has 6 aromatic rings. The van der Waals surface area contributed by atoms with Crippen LogP contribution in [0, 0.1) is 16.7 Å². The van der Waals surface area contributed by atoms with Gasteiger partial charge >= 0.3 is 18.9 Å². The number of carbonyl (C=O) groups excluding carboxylic acids is 4. The molecule has 1 aliphatic heterocycles. The van der Waals surface area contributed by atoms with Crippen LogP contribution < -0.4 is 45.4 Å². The maximum atomic E-state index is 12.8. The zero-order chi connectivity index (χ0) is 53.0. The molecule has 1 aliphatic rings. The fourth-order valence-electron chi connectivity index (χ4n) is 5.87. The number of aliphatic hydroxyl groups is 2. The summed E-state index contributed by atoms with van der Waals surface area (Å²) in [5, 5.41) is 53.5. The van der Waals surface area contributed by atoms with Crippen LogP contribution in [-0.2, 0) is 18.0 Å². The summed E-state index contributed by atoms with van der Waals surface area (Å²) in [5.41, 5.74) is 3.73. The van der Waals surface area contributed by atoms with Gasteiger partial charge in [-0.25, -0.2) is 9.97 Å². The number of carbonyl (C=O) groups is 4. The van der Waals surface area contributed by atoms with Crippen LogP contribution >= 0.6 is 59.6 Å². The Hall–Kier alpha value is -6.05. The van der Waals surface area contributed by atoms with Crippen molar-refractivity contribution in [3.05, 3.63) is 181 Å². The van der Waals surface area contributed by atoms with Gasteiger partial charge in [0.1, 0.15) is 17.5 Å². The van der Waals surface area contributed by atoms with E-state index >= 15 is 0 Å². The number of rotatable bonds is 11. The Bertz CT molecular complexity index is 2750. The van der Waals surface area contributed by atoms with Gasteiger partial charge in [-0.1, -0.05) is 54.9 Å². The van der Waals surface area contributed by atoms with E-state index in [1.807, 2.05) is 20.2 Å². The molecule has 0 bridgehead atoms. The van der Waals surface area contributed by atoms with E-state index in [-0.39, 0.29) is 109 Å². The molecule has 0 unspecified atom stereocenters. The Morgan fingerprint density at radius 3 is 1.34 bits per heavy atom. The Morgan fingerprint density at radius 1 is 0.675 bits per heavy atom. The Balaban J connectivity index is -0.00000113. The van der Waals surface area contributed by atoms with Crippen LogP contribution in [-0.4, -0.2) is 110 Å². The number of pyridine rings is 2. The van der Waals surface area contributed by atoms with Crippen LogP contribution in [0.25, 0.3) is 5.32 Å². The summed E-state index contributed by atoms with van der Waals surface area (Å²) in [4.78, 5) is 60.6. The first-order valence-electron chi connectivity index (χ1n) is 22.1. The summed E-state index contributed by atoms with van der Waals surface area (Å²) in [6.07, 6.45) is 5.36. The number of nitrogens with zero attached hydrogens (tertiary/aromatic N) is 5. The smallest absolute Gasteiger partial charge is 0.668 e. The SMILES string of the molecule is C.C1CCOC1.CN(C)C(=N)c1ccc(C(=O)Nc2ccc(CO)cc2C(=O)Nc2ccc(Cl)cn2)cc1.CNC.C[N-]C.Cl.F.I.N#Cc1ccc(C(=O)Nc2ccc(CO)cc2C(=O)Nc2ccc(Cl)cn2)cc1.[Li+]. The summed E-state index contributed by atoms with van der Waals surface area (Å²) in [7, 11) is 10.8. The number of anilines is 4. The number of benzene rings is 4. The van der Waals surface area contributed by atoms with Crippen LogP contribution in [0.3, 0.4) is 0 Å². The fourth-order valence-corrected chi connectivity index (χ4v) is 6.10. The fraction of sp³-hybridized carbons (Fsp3) is 0.245. The van der Waals surface area contributed by atoms with Crippen molar-refractivity contribution in [1.29, 1.82) is 10.7 Å². The summed E-state index contributed by atoms with van der Waals surface area (Å²) in [5.74, 6) is -0.951. The Kier molecular flexibility index (Phi) is 40.1. The maximum Gasteiger partial charge on any atom is 1.00 e. The molecule has 8 N–H and O–H groups in total. The first-order chi connectivity index (χ1) is 34.6. The van der Waals surface area contributed by atoms with E-state index in [4.69, 9.17) is 38.6 Å². The minimum absolute atomic E-state index is 0. The molecule has 0 radical (unpaired) electrons. The molecule has 0 atom stereocenters. The second kappa shape index (κ2) is 41.1. The number of hydrogen-bond donors (Lipinski definition) is 8. The van der Waals surface area contributed by atoms with Crippen LogP contribution in [0.1, 0.15) is 84.0 Å². The molecule has 4 amide bonds. The summed E-state index contributed by atoms with van der Waals surface area (Å²) < 4.78 is 4.94. The monoisotopic (exact) mass is 1230 g/mol. The number of hydrogen-bond acceptors (Lipinski definition) is 12. The summed E-state index contributed by atoms with van der Waals surface area (Å²) in [6, 6.07) is 30.3. The molecule has 2 aromatic heterocycles. The Morgan fingerprint density at radius 2 is 1.04 bits per heavy atom. The van der Waals surface area contributed by atoms with Gasteiger partial charge in [0, 0.05) is 56.4 Å². The molecule has 24 heteroatoms. The molecule has 7 rings (SSSR count). The minimum atomic E-state index is -0.509. The van der Waals surface area contributed by atoms with Gasteiger partial charge in [-0.3, -0.25) is 29.3 Å². The number of nitrogens with one attached hydrogen (secondary N) is 6. The molecular weight excluding hydrogens is 1160 g/mol. The third-order valence-corrected chi connectivity index (χ3v) is 9.88. The average molecular weight is 1230 g/mol. The summed E-state index contributed by atoms with van der Waals surface area (Å²) in [6.45, 7) is 1.48. The number of amidine groups is 1. The second-order valence-electron chi connectivity index (χ2n) is 15.4. The number of ether oxygens (including phenoxy) is 1. The van der Waals surface area contributed by atoms with Gasteiger partial charge in [0.2, 0.25) is 0 Å². The first-order valence-corrected chi connectivity index (χ1v) is 22.8. The van der Waals surface area contributed by atoms with Gasteiger partial charge in [0.25, 0.3) is 23.6 Å². The molecule has 0 aliphatic carbocycles. The first kappa shape index (κ1) is 75.2. The van der Waals surface area contributed by atoms with Gasteiger partial charge in [0.05, 0.1) is 57.4 Å². The quantitative estimate of drug-likeness (QED) is 0.0275. The van der Waals surface area contributed by atoms with E-state index in [0.29, 0.717) is 55.1 Å². The zero-order valence-electron chi connectivity index (χ0n) is 42.9. The number of nitriles is 1. The van der Waals surface area contributed by atoms with E-state index in [9.17, 15) is 29.4 Å². The van der Waals surface area contributed by atoms with Crippen molar-refractivity contribution in [2.24, 2.45) is 0 Å². The van der Waals surface area contributed by atoms with Gasteiger partial charge in [-0.05, 0) is 123 Å². The molecule has 0 spiro atoms. The topological polar surface area (TPSA) is 269 Å². The predicted molar refractivity (Wildman–Crippen MR) is 315 cm³/mol. The average Bonchev–Trinajstić information content (AvgIpc) is 3.99. The predicted octanol–water partition coefficient (Wildman–Crippen LogP) is 7.31. The van der Waals surface area contributed by atoms with Crippen molar-refractivity contribution in [2.45, 2.75) is 33.5 Å². The van der Waals surface area contributed by atoms with Gasteiger partial charge in [0.15, 0.2) is 0 Å². The number of amides is 4. The number of halogens is 5. The molecule has 77 heavy (non-hydrogen) atoms. The molecule has 3 heterocycles. The van der Waals surface area contributed by atoms with E-state index in [0.717, 1.165) is 13.2 Å². The molecular formula is C53H65Cl3FILiN11O7. The van der Waals surface area contributed by atoms with Crippen molar-refractivity contribution >= 4 is 112 Å². The zero-order valence-corrected chi connectivity index (χ0v) is 47.6. The number of aliphatic hydroxyl groups excluding tert-OH is 2. The van der Waals surface area contributed by atoms with Crippen LogP contribution in [0.5, 0.6) is 0 Å². The largest absolute Gasteiger partial charge is 1.00 e. The van der Waals surface area contributed by atoms with Crippen molar-refractivity contribution in [1.82, 2.24) is 20.2 Å².